The van der Waals surface area contributed by atoms with Gasteiger partial charge in [0.1, 0.15) is 5.69 Å². The van der Waals surface area contributed by atoms with E-state index in [1.54, 1.807) is 0 Å². The van der Waals surface area contributed by atoms with Crippen molar-refractivity contribution >= 4 is 18.3 Å². The molecule has 3 atom stereocenters. The van der Waals surface area contributed by atoms with E-state index >= 15 is 0 Å². The molecule has 0 bridgehead atoms. The zero-order valence-corrected chi connectivity index (χ0v) is 16.5. The van der Waals surface area contributed by atoms with Gasteiger partial charge in [-0.1, -0.05) is 13.8 Å². The van der Waals surface area contributed by atoms with Gasteiger partial charge in [0.25, 0.3) is 5.91 Å². The summed E-state index contributed by atoms with van der Waals surface area (Å²) in [7, 11) is 1.89. The molecule has 0 radical (unpaired) electrons. The van der Waals surface area contributed by atoms with Gasteiger partial charge in [-0.3, -0.25) is 9.48 Å². The van der Waals surface area contributed by atoms with Crippen molar-refractivity contribution in [1.29, 1.82) is 0 Å². The van der Waals surface area contributed by atoms with Crippen molar-refractivity contribution < 1.29 is 9.53 Å². The molecule has 1 aromatic rings. The molecule has 6 nitrogen and oxygen atoms in total. The van der Waals surface area contributed by atoms with Crippen molar-refractivity contribution in [2.24, 2.45) is 5.41 Å². The maximum absolute atomic E-state index is 12.8. The highest BCUT2D eigenvalue weighted by Gasteiger charge is 2.52. The zero-order chi connectivity index (χ0) is 17.3. The van der Waals surface area contributed by atoms with E-state index in [0.717, 1.165) is 39.0 Å². The van der Waals surface area contributed by atoms with Crippen LogP contribution in [0.3, 0.4) is 0 Å². The Bertz CT molecular complexity index is 583. The molecule has 1 saturated carbocycles. The molecule has 1 saturated heterocycles. The van der Waals surface area contributed by atoms with Crippen molar-refractivity contribution in [2.45, 2.75) is 58.2 Å². The van der Waals surface area contributed by atoms with Gasteiger partial charge in [0, 0.05) is 37.9 Å². The SMILES string of the molecule is CCOC1CC(N(C)C(=O)c2ccn(C3CCCNC3)n2)C1(C)C.Cl. The monoisotopic (exact) mass is 370 g/mol. The number of hydrogen-bond acceptors (Lipinski definition) is 4. The maximum Gasteiger partial charge on any atom is 0.274 e. The van der Waals surface area contributed by atoms with Crippen molar-refractivity contribution in [3.63, 3.8) is 0 Å². The fourth-order valence-electron chi connectivity index (χ4n) is 4.04. The summed E-state index contributed by atoms with van der Waals surface area (Å²) >= 11 is 0. The average molecular weight is 371 g/mol. The normalized spacial score (nSPS) is 27.9. The molecular formula is C18H31ClN4O2. The fraction of sp³-hybridized carbons (Fsp3) is 0.778. The Kier molecular flexibility index (Phi) is 6.51. The van der Waals surface area contributed by atoms with Crippen molar-refractivity contribution in [2.75, 3.05) is 26.7 Å². The van der Waals surface area contributed by atoms with E-state index in [2.05, 4.69) is 24.3 Å². The molecule has 1 N–H and O–H groups in total. The smallest absolute Gasteiger partial charge is 0.274 e. The van der Waals surface area contributed by atoms with Gasteiger partial charge in [-0.2, -0.15) is 5.10 Å². The molecule has 3 rings (SSSR count). The van der Waals surface area contributed by atoms with Gasteiger partial charge >= 0.3 is 0 Å². The molecule has 0 spiro atoms. The van der Waals surface area contributed by atoms with Crippen LogP contribution in [0.15, 0.2) is 12.3 Å². The van der Waals surface area contributed by atoms with Gasteiger partial charge in [0.15, 0.2) is 0 Å². The molecule has 1 amide bonds. The van der Waals surface area contributed by atoms with E-state index in [-0.39, 0.29) is 35.9 Å². The van der Waals surface area contributed by atoms with E-state index in [1.165, 1.54) is 0 Å². The number of hydrogen-bond donors (Lipinski definition) is 1. The lowest BCUT2D eigenvalue weighted by molar-refractivity contribution is -0.136. The molecule has 1 aromatic heterocycles. The average Bonchev–Trinajstić information content (AvgIpc) is 3.08. The van der Waals surface area contributed by atoms with Gasteiger partial charge in [0.05, 0.1) is 12.1 Å². The van der Waals surface area contributed by atoms with Crippen molar-refractivity contribution in [1.82, 2.24) is 20.0 Å². The van der Waals surface area contributed by atoms with Gasteiger partial charge in [-0.05, 0) is 38.8 Å². The topological polar surface area (TPSA) is 59.4 Å². The molecule has 3 unspecified atom stereocenters. The van der Waals surface area contributed by atoms with Crippen LogP contribution in [0.1, 0.15) is 56.6 Å². The number of rotatable bonds is 5. The van der Waals surface area contributed by atoms with Gasteiger partial charge < -0.3 is 15.0 Å². The predicted octanol–water partition coefficient (Wildman–Crippen LogP) is 2.51. The first-order valence-electron chi connectivity index (χ1n) is 9.09. The lowest BCUT2D eigenvalue weighted by Gasteiger charge is -2.54. The molecular weight excluding hydrogens is 340 g/mol. The summed E-state index contributed by atoms with van der Waals surface area (Å²) in [5, 5.41) is 7.94. The van der Waals surface area contributed by atoms with Crippen LogP contribution >= 0.6 is 12.4 Å². The Labute approximate surface area is 156 Å². The number of nitrogens with one attached hydrogen (secondary N) is 1. The minimum absolute atomic E-state index is 0. The van der Waals surface area contributed by atoms with E-state index in [1.807, 2.05) is 35.8 Å². The third-order valence-corrected chi connectivity index (χ3v) is 5.75. The quantitative estimate of drug-likeness (QED) is 0.865. The number of carbonyl (C=O) groups excluding carboxylic acids is 1. The van der Waals surface area contributed by atoms with Crippen LogP contribution in [-0.4, -0.2) is 59.5 Å². The predicted molar refractivity (Wildman–Crippen MR) is 100 cm³/mol. The fourth-order valence-corrected chi connectivity index (χ4v) is 4.04. The van der Waals surface area contributed by atoms with Crippen LogP contribution in [0.5, 0.6) is 0 Å². The lowest BCUT2D eigenvalue weighted by atomic mass is 9.63. The van der Waals surface area contributed by atoms with Crippen LogP contribution in [-0.2, 0) is 4.74 Å². The largest absolute Gasteiger partial charge is 0.378 e. The highest BCUT2D eigenvalue weighted by molar-refractivity contribution is 5.92. The number of halogens is 1. The van der Waals surface area contributed by atoms with E-state index in [0.29, 0.717) is 11.7 Å². The molecule has 142 valence electrons. The van der Waals surface area contributed by atoms with E-state index in [9.17, 15) is 4.79 Å². The molecule has 2 fully saturated rings. The summed E-state index contributed by atoms with van der Waals surface area (Å²) in [4.78, 5) is 14.7. The number of carbonyl (C=O) groups is 1. The highest BCUT2D eigenvalue weighted by Crippen LogP contribution is 2.45. The lowest BCUT2D eigenvalue weighted by Crippen LogP contribution is -2.62. The Morgan fingerprint density at radius 3 is 2.88 bits per heavy atom. The number of piperidine rings is 1. The molecule has 7 heteroatoms. The van der Waals surface area contributed by atoms with Crippen LogP contribution in [0.4, 0.5) is 0 Å². The second-order valence-electron chi connectivity index (χ2n) is 7.61. The van der Waals surface area contributed by atoms with Gasteiger partial charge in [-0.15, -0.1) is 12.4 Å². The summed E-state index contributed by atoms with van der Waals surface area (Å²) in [5.41, 5.74) is 0.523. The van der Waals surface area contributed by atoms with E-state index in [4.69, 9.17) is 4.74 Å². The first-order chi connectivity index (χ1) is 11.4. The van der Waals surface area contributed by atoms with Crippen LogP contribution in [0.2, 0.25) is 0 Å². The Balaban J connectivity index is 0.00000225. The number of ether oxygens (including phenoxy) is 1. The zero-order valence-electron chi connectivity index (χ0n) is 15.7. The van der Waals surface area contributed by atoms with Crippen molar-refractivity contribution in [3.05, 3.63) is 18.0 Å². The summed E-state index contributed by atoms with van der Waals surface area (Å²) in [6.07, 6.45) is 5.34. The third kappa shape index (κ3) is 3.86. The molecule has 1 aliphatic heterocycles. The number of aromatic nitrogens is 2. The van der Waals surface area contributed by atoms with Crippen molar-refractivity contribution in [3.8, 4) is 0 Å². The van der Waals surface area contributed by atoms with Gasteiger partial charge in [0.2, 0.25) is 0 Å². The Morgan fingerprint density at radius 1 is 1.52 bits per heavy atom. The standard InChI is InChI=1S/C18H30N4O2.ClH/c1-5-24-16-11-15(18(16,2)3)21(4)17(23)14-8-10-22(20-14)13-7-6-9-19-12-13;/h8,10,13,15-16,19H,5-7,9,11-12H2,1-4H3;1H. The second-order valence-corrected chi connectivity index (χ2v) is 7.61. The number of amides is 1. The summed E-state index contributed by atoms with van der Waals surface area (Å²) in [6.45, 7) is 9.10. The molecule has 1 aliphatic carbocycles. The summed E-state index contributed by atoms with van der Waals surface area (Å²) < 4.78 is 7.72. The minimum Gasteiger partial charge on any atom is -0.378 e. The first-order valence-corrected chi connectivity index (χ1v) is 9.09. The van der Waals surface area contributed by atoms with Crippen LogP contribution in [0.25, 0.3) is 0 Å². The molecule has 2 heterocycles. The molecule has 25 heavy (non-hydrogen) atoms. The van der Waals surface area contributed by atoms with Crippen LogP contribution in [0, 0.1) is 5.41 Å². The minimum atomic E-state index is -0.0176. The van der Waals surface area contributed by atoms with Crippen LogP contribution < -0.4 is 5.32 Å². The Morgan fingerprint density at radius 2 is 2.28 bits per heavy atom. The van der Waals surface area contributed by atoms with E-state index < -0.39 is 0 Å². The third-order valence-electron chi connectivity index (χ3n) is 5.75. The van der Waals surface area contributed by atoms with Gasteiger partial charge in [-0.25, -0.2) is 0 Å². The maximum atomic E-state index is 12.8. The highest BCUT2D eigenvalue weighted by atomic mass is 35.5. The summed E-state index contributed by atoms with van der Waals surface area (Å²) in [6, 6.07) is 2.40. The summed E-state index contributed by atoms with van der Waals surface area (Å²) in [5.74, 6) is 0.00513. The second kappa shape index (κ2) is 8.06. The molecule has 0 aromatic carbocycles. The first kappa shape index (κ1) is 20.2. The molecule has 2 aliphatic rings. The number of nitrogens with zero attached hydrogens (tertiary/aromatic N) is 3. The Hall–Kier alpha value is -1.11.